The molecule has 0 amide bonds. The van der Waals surface area contributed by atoms with Crippen LogP contribution in [-0.4, -0.2) is 5.97 Å². The first kappa shape index (κ1) is 17.6. The van der Waals surface area contributed by atoms with Gasteiger partial charge in [0, 0.05) is 0 Å². The van der Waals surface area contributed by atoms with Gasteiger partial charge in [-0.2, -0.15) is 0 Å². The van der Waals surface area contributed by atoms with Gasteiger partial charge in [-0.05, 0) is 13.0 Å². The molecule has 0 aromatic heterocycles. The van der Waals surface area contributed by atoms with Gasteiger partial charge < -0.3 is 11.3 Å². The molecule has 0 rings (SSSR count). The molecular weight excluding hydrogens is 166 g/mol. The third-order valence-electron chi connectivity index (χ3n) is 0.536. The minimum absolute atomic E-state index is 0. The molecular formula is C6H8KNaO2. The molecule has 0 radical (unpaired) electrons. The molecule has 2 nitrogen and oxygen atoms in total. The van der Waals surface area contributed by atoms with E-state index in [4.69, 9.17) is 0 Å². The number of carboxylic acids is 1. The van der Waals surface area contributed by atoms with Gasteiger partial charge in [0.05, 0.1) is 5.97 Å². The molecule has 0 atom stereocenters. The number of hydrogen-bond acceptors (Lipinski definition) is 2. The third-order valence-corrected chi connectivity index (χ3v) is 0.536. The molecule has 0 aliphatic carbocycles. The molecule has 10 heavy (non-hydrogen) atoms. The zero-order chi connectivity index (χ0) is 6.41. The summed E-state index contributed by atoms with van der Waals surface area (Å²) in [6.07, 6.45) is 5.74. The van der Waals surface area contributed by atoms with Crippen LogP contribution in [0.25, 0.3) is 0 Å². The molecule has 0 bridgehead atoms. The Morgan fingerprint density at radius 3 is 2.30 bits per heavy atom. The molecule has 0 aliphatic rings. The number of allylic oxidation sites excluding steroid dienone is 3. The summed E-state index contributed by atoms with van der Waals surface area (Å²) in [5, 5.41) is 9.64. The van der Waals surface area contributed by atoms with Crippen molar-refractivity contribution in [3.63, 3.8) is 0 Å². The maximum absolute atomic E-state index is 9.64. The monoisotopic (exact) mass is 174 g/mol. The Hall–Kier alpha value is 1.59. The molecule has 0 unspecified atom stereocenters. The first-order valence-electron chi connectivity index (χ1n) is 2.27. The Bertz CT molecular complexity index is 137. The number of carbonyl (C=O) groups is 1. The van der Waals surface area contributed by atoms with E-state index in [2.05, 4.69) is 0 Å². The fourth-order valence-electron chi connectivity index (χ4n) is 0.245. The number of aliphatic carboxylic acids is 1. The summed E-state index contributed by atoms with van der Waals surface area (Å²) in [5.41, 5.74) is 0. The zero-order valence-corrected chi connectivity index (χ0v) is 11.7. The fraction of sp³-hybridized carbons (Fsp3) is 0.167. The SMILES string of the molecule is CC=CC=CC(=O)[O-].[H-].[K+].[Na+]. The van der Waals surface area contributed by atoms with Crippen molar-refractivity contribution < 1.29 is 92.3 Å². The summed E-state index contributed by atoms with van der Waals surface area (Å²) < 4.78 is 0. The molecule has 0 aliphatic heterocycles. The van der Waals surface area contributed by atoms with Crippen LogP contribution in [-0.2, 0) is 4.79 Å². The topological polar surface area (TPSA) is 40.1 Å². The standard InChI is InChI=1S/C6H8O2.K.Na.H/c1-2-3-4-5-6(7)8;;;/h2-5H,1H3,(H,7,8);;;/q;2*+1;-1/p-1. The van der Waals surface area contributed by atoms with Crippen LogP contribution in [0.3, 0.4) is 0 Å². The maximum Gasteiger partial charge on any atom is 1.00 e. The van der Waals surface area contributed by atoms with E-state index in [1.54, 1.807) is 19.1 Å². The van der Waals surface area contributed by atoms with Gasteiger partial charge in [-0.3, -0.25) is 0 Å². The molecule has 0 aromatic carbocycles. The number of hydrogen-bond donors (Lipinski definition) is 0. The van der Waals surface area contributed by atoms with Crippen molar-refractivity contribution in [1.29, 1.82) is 0 Å². The van der Waals surface area contributed by atoms with E-state index in [1.165, 1.54) is 6.08 Å². The van der Waals surface area contributed by atoms with E-state index in [1.807, 2.05) is 0 Å². The second-order valence-corrected chi connectivity index (χ2v) is 1.20. The Balaban J connectivity index is -0.0000000817. The van der Waals surface area contributed by atoms with Crippen molar-refractivity contribution >= 4 is 5.97 Å². The summed E-state index contributed by atoms with van der Waals surface area (Å²) in [5.74, 6) is -1.16. The second-order valence-electron chi connectivity index (χ2n) is 1.20. The van der Waals surface area contributed by atoms with Crippen molar-refractivity contribution in [2.24, 2.45) is 0 Å². The molecule has 0 saturated heterocycles. The van der Waals surface area contributed by atoms with Gasteiger partial charge in [-0.15, -0.1) is 0 Å². The van der Waals surface area contributed by atoms with E-state index in [0.29, 0.717) is 0 Å². The quantitative estimate of drug-likeness (QED) is 0.237. The third kappa shape index (κ3) is 16.3. The number of carboxylic acid groups (broad SMARTS) is 1. The van der Waals surface area contributed by atoms with Crippen LogP contribution < -0.4 is 86.0 Å². The first-order valence-corrected chi connectivity index (χ1v) is 2.27. The van der Waals surface area contributed by atoms with E-state index in [9.17, 15) is 9.90 Å². The average Bonchev–Trinajstić information content (AvgIpc) is 1.66. The van der Waals surface area contributed by atoms with Crippen LogP contribution in [0.1, 0.15) is 8.35 Å². The van der Waals surface area contributed by atoms with E-state index in [0.717, 1.165) is 6.08 Å². The minimum Gasteiger partial charge on any atom is -1.00 e. The van der Waals surface area contributed by atoms with Crippen molar-refractivity contribution in [1.82, 2.24) is 0 Å². The van der Waals surface area contributed by atoms with Crippen LogP contribution in [0.15, 0.2) is 24.3 Å². The van der Waals surface area contributed by atoms with Gasteiger partial charge in [-0.25, -0.2) is 0 Å². The summed E-state index contributed by atoms with van der Waals surface area (Å²) in [6.45, 7) is 1.81. The minimum atomic E-state index is -1.16. The van der Waals surface area contributed by atoms with Crippen molar-refractivity contribution in [2.45, 2.75) is 6.92 Å². The molecule has 0 fully saturated rings. The Labute approximate surface area is 127 Å². The molecule has 0 saturated carbocycles. The number of carbonyl (C=O) groups excluding carboxylic acids is 1. The largest absolute Gasteiger partial charge is 1.00 e. The van der Waals surface area contributed by atoms with Gasteiger partial charge >= 0.3 is 80.9 Å². The summed E-state index contributed by atoms with van der Waals surface area (Å²) >= 11 is 0. The molecule has 0 N–H and O–H groups in total. The summed E-state index contributed by atoms with van der Waals surface area (Å²) in [7, 11) is 0. The van der Waals surface area contributed by atoms with Gasteiger partial charge in [0.1, 0.15) is 0 Å². The van der Waals surface area contributed by atoms with E-state index < -0.39 is 5.97 Å². The molecule has 0 spiro atoms. The Morgan fingerprint density at radius 1 is 1.50 bits per heavy atom. The van der Waals surface area contributed by atoms with Crippen molar-refractivity contribution in [2.75, 3.05) is 0 Å². The predicted molar refractivity (Wildman–Crippen MR) is 30.1 cm³/mol. The maximum atomic E-state index is 9.64. The normalized spacial score (nSPS) is 8.90. The van der Waals surface area contributed by atoms with Crippen LogP contribution in [0.2, 0.25) is 0 Å². The molecule has 0 heterocycles. The van der Waals surface area contributed by atoms with Crippen LogP contribution in [0, 0.1) is 0 Å². The number of rotatable bonds is 2. The second kappa shape index (κ2) is 13.2. The molecule has 46 valence electrons. The average molecular weight is 174 g/mol. The van der Waals surface area contributed by atoms with Gasteiger partial charge in [0.25, 0.3) is 0 Å². The smallest absolute Gasteiger partial charge is 1.00 e. The Kier molecular flexibility index (Phi) is 23.2. The van der Waals surface area contributed by atoms with Gasteiger partial charge in [0.2, 0.25) is 0 Å². The summed E-state index contributed by atoms with van der Waals surface area (Å²) in [6, 6.07) is 0. The van der Waals surface area contributed by atoms with Crippen LogP contribution in [0.5, 0.6) is 0 Å². The van der Waals surface area contributed by atoms with E-state index >= 15 is 0 Å². The fourth-order valence-corrected chi connectivity index (χ4v) is 0.245. The van der Waals surface area contributed by atoms with E-state index in [-0.39, 0.29) is 82.4 Å². The van der Waals surface area contributed by atoms with Gasteiger partial charge in [0.15, 0.2) is 0 Å². The van der Waals surface area contributed by atoms with Crippen molar-refractivity contribution in [3.8, 4) is 0 Å². The Morgan fingerprint density at radius 2 is 2.00 bits per heavy atom. The van der Waals surface area contributed by atoms with Crippen LogP contribution in [0.4, 0.5) is 0 Å². The van der Waals surface area contributed by atoms with Gasteiger partial charge in [-0.1, -0.05) is 18.2 Å². The first-order chi connectivity index (χ1) is 3.77. The van der Waals surface area contributed by atoms with Crippen molar-refractivity contribution in [3.05, 3.63) is 24.3 Å². The van der Waals surface area contributed by atoms with Crippen LogP contribution >= 0.6 is 0 Å². The predicted octanol–water partition coefficient (Wildman–Crippen LogP) is -6.01. The summed E-state index contributed by atoms with van der Waals surface area (Å²) in [4.78, 5) is 9.64. The zero-order valence-electron chi connectivity index (χ0n) is 7.63. The molecule has 4 heteroatoms. The molecule has 0 aromatic rings.